The van der Waals surface area contributed by atoms with Gasteiger partial charge in [-0.1, -0.05) is 6.07 Å². The lowest BCUT2D eigenvalue weighted by Gasteiger charge is -2.56. The van der Waals surface area contributed by atoms with E-state index in [0.29, 0.717) is 35.5 Å². The van der Waals surface area contributed by atoms with Gasteiger partial charge in [0.25, 0.3) is 5.91 Å². The Bertz CT molecular complexity index is 1020. The molecule has 0 radical (unpaired) electrons. The molecule has 3 N–H and O–H groups in total. The van der Waals surface area contributed by atoms with Gasteiger partial charge >= 0.3 is 0 Å². The van der Waals surface area contributed by atoms with E-state index in [2.05, 4.69) is 10.3 Å². The highest BCUT2D eigenvalue weighted by atomic mass is 16.2. The molecule has 4 bridgehead atoms. The lowest BCUT2D eigenvalue weighted by atomic mass is 9.49. The van der Waals surface area contributed by atoms with Gasteiger partial charge in [0.1, 0.15) is 11.3 Å². The number of aromatic nitrogens is 2. The van der Waals surface area contributed by atoms with Crippen molar-refractivity contribution in [1.82, 2.24) is 19.6 Å². The number of rotatable bonds is 5. The highest BCUT2D eigenvalue weighted by Gasteiger charge is 2.50. The van der Waals surface area contributed by atoms with E-state index >= 15 is 0 Å². The number of hydrogen-bond acceptors (Lipinski definition) is 4. The van der Waals surface area contributed by atoms with E-state index in [1.165, 1.54) is 38.5 Å². The molecule has 0 unspecified atom stereocenters. The molecular weight excluding hydrogens is 402 g/mol. The first-order chi connectivity index (χ1) is 15.5. The highest BCUT2D eigenvalue weighted by molar-refractivity contribution is 5.93. The number of carbonyl (C=O) groups excluding carboxylic acids is 2. The lowest BCUT2D eigenvalue weighted by Crippen LogP contribution is -2.51. The van der Waals surface area contributed by atoms with Crippen LogP contribution in [0.5, 0.6) is 0 Å². The smallest absolute Gasteiger partial charge is 0.268 e. The maximum absolute atomic E-state index is 13.2. The van der Waals surface area contributed by atoms with Crippen molar-refractivity contribution in [3.63, 3.8) is 0 Å². The van der Waals surface area contributed by atoms with Crippen LogP contribution < -0.4 is 11.1 Å². The Balaban J connectivity index is 1.16. The molecule has 1 aliphatic heterocycles. The molecule has 170 valence electrons. The molecule has 5 fully saturated rings. The predicted octanol–water partition coefficient (Wildman–Crippen LogP) is 2.38. The van der Waals surface area contributed by atoms with E-state index in [0.717, 1.165) is 30.7 Å². The van der Waals surface area contributed by atoms with Crippen LogP contribution in [0.3, 0.4) is 0 Å². The van der Waals surface area contributed by atoms with Crippen molar-refractivity contribution < 1.29 is 9.59 Å². The summed E-state index contributed by atoms with van der Waals surface area (Å²) in [7, 11) is 0. The number of fused-ring (bicyclic) bond motifs is 1. The quantitative estimate of drug-likeness (QED) is 0.754. The Morgan fingerprint density at radius 1 is 1.12 bits per heavy atom. The monoisotopic (exact) mass is 435 g/mol. The van der Waals surface area contributed by atoms with Crippen molar-refractivity contribution in [3.8, 4) is 0 Å². The zero-order chi connectivity index (χ0) is 21.9. The molecule has 4 saturated carbocycles. The van der Waals surface area contributed by atoms with Crippen molar-refractivity contribution in [3.05, 3.63) is 35.8 Å². The number of nitrogens with one attached hydrogen (secondary N) is 1. The molecule has 7 rings (SSSR count). The molecule has 7 nitrogen and oxygen atoms in total. The van der Waals surface area contributed by atoms with Gasteiger partial charge in [0, 0.05) is 31.9 Å². The molecule has 1 atom stereocenters. The fourth-order valence-electron chi connectivity index (χ4n) is 7.48. The minimum atomic E-state index is -0.0489. The number of carbonyl (C=O) groups is 2. The van der Waals surface area contributed by atoms with E-state index in [1.54, 1.807) is 0 Å². The lowest BCUT2D eigenvalue weighted by molar-refractivity contribution is -0.129. The van der Waals surface area contributed by atoms with E-state index in [-0.39, 0.29) is 24.3 Å². The number of pyridine rings is 1. The molecule has 2 aromatic rings. The van der Waals surface area contributed by atoms with Crippen LogP contribution in [0, 0.1) is 23.2 Å². The zero-order valence-corrected chi connectivity index (χ0v) is 18.6. The summed E-state index contributed by atoms with van der Waals surface area (Å²) in [5, 5.41) is 3.27. The summed E-state index contributed by atoms with van der Waals surface area (Å²) in [6, 6.07) is 5.67. The second-order valence-corrected chi connectivity index (χ2v) is 11.0. The maximum Gasteiger partial charge on any atom is 0.268 e. The minimum absolute atomic E-state index is 0.0489. The summed E-state index contributed by atoms with van der Waals surface area (Å²) in [4.78, 5) is 32.2. The summed E-state index contributed by atoms with van der Waals surface area (Å²) in [5.41, 5.74) is 8.22. The molecule has 7 heteroatoms. The Morgan fingerprint density at radius 2 is 1.84 bits per heavy atom. The van der Waals surface area contributed by atoms with Crippen LogP contribution in [0.2, 0.25) is 0 Å². The van der Waals surface area contributed by atoms with Crippen LogP contribution in [-0.2, 0) is 11.2 Å². The first-order valence-corrected chi connectivity index (χ1v) is 12.2. The third kappa shape index (κ3) is 3.60. The van der Waals surface area contributed by atoms with Gasteiger partial charge < -0.3 is 16.0 Å². The van der Waals surface area contributed by atoms with Crippen LogP contribution >= 0.6 is 0 Å². The molecule has 2 aromatic heterocycles. The Kier molecular flexibility index (Phi) is 4.79. The van der Waals surface area contributed by atoms with Crippen molar-refractivity contribution in [1.29, 1.82) is 0 Å². The molecule has 0 aromatic carbocycles. The topological polar surface area (TPSA) is 92.7 Å². The van der Waals surface area contributed by atoms with Gasteiger partial charge in [-0.2, -0.15) is 0 Å². The van der Waals surface area contributed by atoms with Gasteiger partial charge in [-0.05, 0) is 80.2 Å². The fraction of sp³-hybridized carbons (Fsp3) is 0.640. The number of likely N-dealkylation sites (tertiary alicyclic amines) is 1. The number of amides is 2. The number of hydrogen-bond donors (Lipinski definition) is 2. The molecule has 1 saturated heterocycles. The van der Waals surface area contributed by atoms with Crippen molar-refractivity contribution in [2.75, 3.05) is 19.6 Å². The molecule has 0 spiro atoms. The van der Waals surface area contributed by atoms with Gasteiger partial charge in [0.2, 0.25) is 5.91 Å². The third-order valence-electron chi connectivity index (χ3n) is 8.47. The third-order valence-corrected chi connectivity index (χ3v) is 8.47. The molecule has 32 heavy (non-hydrogen) atoms. The first kappa shape index (κ1) is 20.2. The summed E-state index contributed by atoms with van der Waals surface area (Å²) in [6.45, 7) is 2.11. The molecule has 4 aliphatic carbocycles. The van der Waals surface area contributed by atoms with Crippen LogP contribution in [0.25, 0.3) is 5.65 Å². The molecule has 5 aliphatic rings. The number of nitrogens with zero attached hydrogens (tertiary/aromatic N) is 3. The summed E-state index contributed by atoms with van der Waals surface area (Å²) in [5.74, 6) is 2.63. The second kappa shape index (κ2) is 7.58. The Labute approximate surface area is 188 Å². The average molecular weight is 436 g/mol. The first-order valence-electron chi connectivity index (χ1n) is 12.2. The van der Waals surface area contributed by atoms with Gasteiger partial charge in [-0.15, -0.1) is 0 Å². The van der Waals surface area contributed by atoms with Gasteiger partial charge in [0.05, 0.1) is 12.1 Å². The number of imidazole rings is 1. The van der Waals surface area contributed by atoms with Crippen molar-refractivity contribution in [2.24, 2.45) is 28.9 Å². The van der Waals surface area contributed by atoms with Crippen LogP contribution in [0.1, 0.15) is 61.1 Å². The zero-order valence-electron chi connectivity index (χ0n) is 18.6. The SMILES string of the molecule is N[C@H]1CCN(C(=O)Cc2cn3c(C(=O)NCC45CC6CC(CC(C6)C4)C5)cccc3n2)C1. The standard InChI is InChI=1S/C25H33N5O2/c26-19-4-5-29(13-19)23(31)9-20-14-30-21(2-1-3-22(30)28-20)24(32)27-15-25-10-16-6-17(11-25)8-18(7-16)12-25/h1-3,14,16-19H,4-13,15,26H2,(H,27,32)/t16?,17?,18?,19-,25?/m0/s1. The van der Waals surface area contributed by atoms with E-state index in [4.69, 9.17) is 5.73 Å². The number of nitrogens with two attached hydrogens (primary N) is 1. The Hall–Kier alpha value is -2.41. The molecule has 3 heterocycles. The average Bonchev–Trinajstić information content (AvgIpc) is 3.36. The fourth-order valence-corrected chi connectivity index (χ4v) is 7.48. The van der Waals surface area contributed by atoms with E-state index in [1.807, 2.05) is 33.7 Å². The van der Waals surface area contributed by atoms with Gasteiger partial charge in [-0.25, -0.2) is 4.98 Å². The van der Waals surface area contributed by atoms with Crippen molar-refractivity contribution >= 4 is 17.5 Å². The van der Waals surface area contributed by atoms with E-state index < -0.39 is 0 Å². The van der Waals surface area contributed by atoms with Gasteiger partial charge in [-0.3, -0.25) is 14.0 Å². The van der Waals surface area contributed by atoms with Crippen LogP contribution in [0.4, 0.5) is 0 Å². The highest BCUT2D eigenvalue weighted by Crippen LogP contribution is 2.59. The maximum atomic E-state index is 13.2. The molecular formula is C25H33N5O2. The summed E-state index contributed by atoms with van der Waals surface area (Å²) < 4.78 is 1.83. The van der Waals surface area contributed by atoms with Crippen LogP contribution in [0.15, 0.2) is 24.4 Å². The van der Waals surface area contributed by atoms with Crippen LogP contribution in [-0.4, -0.2) is 51.8 Å². The largest absolute Gasteiger partial charge is 0.350 e. The van der Waals surface area contributed by atoms with Gasteiger partial charge in [0.15, 0.2) is 0 Å². The summed E-state index contributed by atoms with van der Waals surface area (Å²) in [6.07, 6.45) is 11.0. The normalized spacial score (nSPS) is 33.2. The van der Waals surface area contributed by atoms with Crippen molar-refractivity contribution in [2.45, 2.75) is 57.4 Å². The minimum Gasteiger partial charge on any atom is -0.350 e. The van der Waals surface area contributed by atoms with E-state index in [9.17, 15) is 9.59 Å². The summed E-state index contributed by atoms with van der Waals surface area (Å²) >= 11 is 0. The predicted molar refractivity (Wildman–Crippen MR) is 121 cm³/mol. The second-order valence-electron chi connectivity index (χ2n) is 11.0. The Morgan fingerprint density at radius 3 is 2.50 bits per heavy atom. The molecule has 2 amide bonds.